The fourth-order valence-corrected chi connectivity index (χ4v) is 4.07. The molecule has 0 aliphatic heterocycles. The minimum absolute atomic E-state index is 0.0504. The van der Waals surface area contributed by atoms with Crippen molar-refractivity contribution in [3.63, 3.8) is 0 Å². The first-order chi connectivity index (χ1) is 16.4. The van der Waals surface area contributed by atoms with Crippen LogP contribution in [0.3, 0.4) is 0 Å². The molecule has 0 spiro atoms. The molecule has 1 aromatic heterocycles. The molecule has 0 bridgehead atoms. The maximum absolute atomic E-state index is 13.2. The zero-order chi connectivity index (χ0) is 26.2. The molecule has 1 aromatic carbocycles. The third kappa shape index (κ3) is 8.52. The van der Waals surface area contributed by atoms with Gasteiger partial charge in [-0.15, -0.1) is 0 Å². The molecule has 0 unspecified atom stereocenters. The third-order valence-electron chi connectivity index (χ3n) is 6.32. The van der Waals surface area contributed by atoms with Crippen molar-refractivity contribution in [3.05, 3.63) is 41.1 Å². The van der Waals surface area contributed by atoms with Crippen LogP contribution in [-0.4, -0.2) is 39.6 Å². The molecule has 0 saturated heterocycles. The van der Waals surface area contributed by atoms with Crippen LogP contribution in [0.4, 0.5) is 5.82 Å². The molecule has 0 aliphatic carbocycles. The zero-order valence-corrected chi connectivity index (χ0v) is 23.2. The molecule has 0 fully saturated rings. The summed E-state index contributed by atoms with van der Waals surface area (Å²) in [5.41, 5.74) is 3.96. The fraction of sp³-hybridized carbons (Fsp3) is 0.621. The Kier molecular flexibility index (Phi) is 10.5. The SMILES string of the molecule is CCCCCCCC(=O)N(CC(=O)Nc1cc(C(C)(C)C)nn1-c1cccc(C)c1C)CC(C)C. The summed E-state index contributed by atoms with van der Waals surface area (Å²) < 4.78 is 1.82. The molecule has 2 aromatic rings. The molecule has 2 amide bonds. The summed E-state index contributed by atoms with van der Waals surface area (Å²) in [5.74, 6) is 0.783. The van der Waals surface area contributed by atoms with Gasteiger partial charge in [0.2, 0.25) is 11.8 Å². The second-order valence-corrected chi connectivity index (χ2v) is 11.2. The molecule has 6 nitrogen and oxygen atoms in total. The Balaban J connectivity index is 2.22. The van der Waals surface area contributed by atoms with Gasteiger partial charge in [-0.25, -0.2) is 4.68 Å². The van der Waals surface area contributed by atoms with Crippen molar-refractivity contribution in [2.45, 2.75) is 99.3 Å². The number of amides is 2. The number of anilines is 1. The van der Waals surface area contributed by atoms with Crippen molar-refractivity contribution in [1.29, 1.82) is 0 Å². The van der Waals surface area contributed by atoms with Gasteiger partial charge in [0.15, 0.2) is 0 Å². The summed E-state index contributed by atoms with van der Waals surface area (Å²) >= 11 is 0. The van der Waals surface area contributed by atoms with Gasteiger partial charge < -0.3 is 10.2 Å². The maximum atomic E-state index is 13.2. The molecule has 1 heterocycles. The van der Waals surface area contributed by atoms with Crippen molar-refractivity contribution in [2.75, 3.05) is 18.4 Å². The topological polar surface area (TPSA) is 67.2 Å². The van der Waals surface area contributed by atoms with E-state index in [9.17, 15) is 9.59 Å². The summed E-state index contributed by atoms with van der Waals surface area (Å²) in [4.78, 5) is 27.8. The lowest BCUT2D eigenvalue weighted by Gasteiger charge is -2.24. The minimum atomic E-state index is -0.197. The molecule has 0 atom stereocenters. The summed E-state index contributed by atoms with van der Waals surface area (Å²) in [6.45, 7) is 17.4. The number of benzene rings is 1. The number of unbranched alkanes of at least 4 members (excludes halogenated alkanes) is 4. The second kappa shape index (κ2) is 12.9. The van der Waals surface area contributed by atoms with Crippen LogP contribution in [0, 0.1) is 19.8 Å². The molecular formula is C29H46N4O2. The fourth-order valence-electron chi connectivity index (χ4n) is 4.07. The maximum Gasteiger partial charge on any atom is 0.245 e. The van der Waals surface area contributed by atoms with Crippen molar-refractivity contribution >= 4 is 17.6 Å². The number of hydrogen-bond acceptors (Lipinski definition) is 3. The van der Waals surface area contributed by atoms with E-state index in [0.717, 1.165) is 36.2 Å². The monoisotopic (exact) mass is 482 g/mol. The Hall–Kier alpha value is -2.63. The number of aryl methyl sites for hydroxylation is 1. The normalized spacial score (nSPS) is 11.7. The van der Waals surface area contributed by atoms with Gasteiger partial charge in [0.05, 0.1) is 17.9 Å². The van der Waals surface area contributed by atoms with Crippen molar-refractivity contribution in [1.82, 2.24) is 14.7 Å². The number of aromatic nitrogens is 2. The first kappa shape index (κ1) is 28.6. The van der Waals surface area contributed by atoms with Crippen LogP contribution in [0.25, 0.3) is 5.69 Å². The molecule has 35 heavy (non-hydrogen) atoms. The van der Waals surface area contributed by atoms with E-state index < -0.39 is 0 Å². The molecule has 2 rings (SSSR count). The summed E-state index contributed by atoms with van der Waals surface area (Å²) in [6.07, 6.45) is 5.99. The Bertz CT molecular complexity index is 985. The van der Waals surface area contributed by atoms with Crippen LogP contribution >= 0.6 is 0 Å². The molecular weight excluding hydrogens is 436 g/mol. The van der Waals surface area contributed by atoms with E-state index in [2.05, 4.69) is 66.8 Å². The first-order valence-electron chi connectivity index (χ1n) is 13.2. The van der Waals surface area contributed by atoms with E-state index in [1.165, 1.54) is 18.4 Å². The average Bonchev–Trinajstić information content (AvgIpc) is 3.18. The predicted molar refractivity (Wildman–Crippen MR) is 145 cm³/mol. The number of hydrogen-bond donors (Lipinski definition) is 1. The number of rotatable bonds is 12. The molecule has 0 aliphatic rings. The van der Waals surface area contributed by atoms with E-state index in [0.29, 0.717) is 24.7 Å². The first-order valence-corrected chi connectivity index (χ1v) is 13.2. The largest absolute Gasteiger partial charge is 0.333 e. The highest BCUT2D eigenvalue weighted by Gasteiger charge is 2.24. The summed E-state index contributed by atoms with van der Waals surface area (Å²) in [5, 5.41) is 7.91. The van der Waals surface area contributed by atoms with E-state index in [1.54, 1.807) is 4.90 Å². The number of carbonyl (C=O) groups is 2. The lowest BCUT2D eigenvalue weighted by Crippen LogP contribution is -2.40. The Morgan fingerprint density at radius 3 is 2.40 bits per heavy atom. The molecule has 6 heteroatoms. The van der Waals surface area contributed by atoms with Crippen LogP contribution in [-0.2, 0) is 15.0 Å². The van der Waals surface area contributed by atoms with Crippen molar-refractivity contribution < 1.29 is 9.59 Å². The average molecular weight is 483 g/mol. The lowest BCUT2D eigenvalue weighted by molar-refractivity contribution is -0.135. The van der Waals surface area contributed by atoms with E-state index in [1.807, 2.05) is 22.9 Å². The van der Waals surface area contributed by atoms with Gasteiger partial charge in [-0.3, -0.25) is 9.59 Å². The molecule has 1 N–H and O–H groups in total. The van der Waals surface area contributed by atoms with Gasteiger partial charge in [-0.2, -0.15) is 5.10 Å². The third-order valence-corrected chi connectivity index (χ3v) is 6.32. The zero-order valence-electron chi connectivity index (χ0n) is 23.2. The minimum Gasteiger partial charge on any atom is -0.333 e. The number of carbonyl (C=O) groups excluding carboxylic acids is 2. The van der Waals surface area contributed by atoms with E-state index in [-0.39, 0.29) is 23.8 Å². The van der Waals surface area contributed by atoms with Gasteiger partial charge in [-0.05, 0) is 43.4 Å². The van der Waals surface area contributed by atoms with Crippen molar-refractivity contribution in [2.24, 2.45) is 5.92 Å². The second-order valence-electron chi connectivity index (χ2n) is 11.2. The van der Waals surface area contributed by atoms with Gasteiger partial charge in [-0.1, -0.05) is 79.4 Å². The Morgan fingerprint density at radius 1 is 1.09 bits per heavy atom. The van der Waals surface area contributed by atoms with Gasteiger partial charge in [0.1, 0.15) is 5.82 Å². The standard InChI is InChI=1S/C29H46N4O2/c1-9-10-11-12-13-17-28(35)32(19-21(2)3)20-27(34)30-26-18-25(29(6,7)8)31-33(26)24-16-14-15-22(4)23(24)5/h14-16,18,21H,9-13,17,19-20H2,1-8H3,(H,30,34). The highest BCUT2D eigenvalue weighted by atomic mass is 16.2. The van der Waals surface area contributed by atoms with Crippen LogP contribution < -0.4 is 5.32 Å². The van der Waals surface area contributed by atoms with Crippen LogP contribution in [0.1, 0.15) is 96.9 Å². The number of nitrogens with one attached hydrogen (secondary N) is 1. The number of nitrogens with zero attached hydrogens (tertiary/aromatic N) is 3. The van der Waals surface area contributed by atoms with E-state index >= 15 is 0 Å². The van der Waals surface area contributed by atoms with Gasteiger partial charge >= 0.3 is 0 Å². The summed E-state index contributed by atoms with van der Waals surface area (Å²) in [6, 6.07) is 8.04. The molecule has 0 saturated carbocycles. The smallest absolute Gasteiger partial charge is 0.245 e. The van der Waals surface area contributed by atoms with Crippen LogP contribution in [0.2, 0.25) is 0 Å². The highest BCUT2D eigenvalue weighted by Crippen LogP contribution is 2.28. The quantitative estimate of drug-likeness (QED) is 0.348. The van der Waals surface area contributed by atoms with Gasteiger partial charge in [0, 0.05) is 24.4 Å². The van der Waals surface area contributed by atoms with Gasteiger partial charge in [0.25, 0.3) is 0 Å². The Labute approximate surface area is 212 Å². The van der Waals surface area contributed by atoms with Crippen LogP contribution in [0.15, 0.2) is 24.3 Å². The summed E-state index contributed by atoms with van der Waals surface area (Å²) in [7, 11) is 0. The van der Waals surface area contributed by atoms with Crippen molar-refractivity contribution in [3.8, 4) is 5.69 Å². The highest BCUT2D eigenvalue weighted by molar-refractivity contribution is 5.94. The Morgan fingerprint density at radius 2 is 1.77 bits per heavy atom. The lowest BCUT2D eigenvalue weighted by atomic mass is 9.92. The molecule has 194 valence electrons. The predicted octanol–water partition coefficient (Wildman–Crippen LogP) is 6.57. The van der Waals surface area contributed by atoms with E-state index in [4.69, 9.17) is 5.10 Å². The van der Waals surface area contributed by atoms with Crippen LogP contribution in [0.5, 0.6) is 0 Å². The molecule has 0 radical (unpaired) electrons.